The van der Waals surface area contributed by atoms with E-state index in [1.54, 1.807) is 12.1 Å². The van der Waals surface area contributed by atoms with E-state index in [0.717, 1.165) is 18.5 Å². The van der Waals surface area contributed by atoms with E-state index in [2.05, 4.69) is 17.5 Å². The largest absolute Gasteiger partial charge is 0.494 e. The summed E-state index contributed by atoms with van der Waals surface area (Å²) in [7, 11) is 1.47. The topological polar surface area (TPSA) is 21.3 Å². The molecule has 1 aliphatic rings. The Morgan fingerprint density at radius 2 is 2.31 bits per heavy atom. The monoisotopic (exact) mass is 221 g/mol. The molecule has 1 unspecified atom stereocenters. The lowest BCUT2D eigenvalue weighted by Gasteiger charge is -2.19. The van der Waals surface area contributed by atoms with Gasteiger partial charge in [-0.3, -0.25) is 0 Å². The second kappa shape index (κ2) is 5.01. The molecule has 1 aromatic carbocycles. The summed E-state index contributed by atoms with van der Waals surface area (Å²) in [6.07, 6.45) is 7.83. The highest BCUT2D eigenvalue weighted by atomic mass is 19.1. The highest BCUT2D eigenvalue weighted by molar-refractivity contribution is 5.50. The van der Waals surface area contributed by atoms with Crippen LogP contribution in [0.2, 0.25) is 0 Å². The second-order valence-electron chi connectivity index (χ2n) is 3.96. The van der Waals surface area contributed by atoms with Gasteiger partial charge in [0.15, 0.2) is 11.6 Å². The van der Waals surface area contributed by atoms with Crippen LogP contribution < -0.4 is 10.1 Å². The number of ether oxygens (including phenoxy) is 1. The van der Waals surface area contributed by atoms with E-state index in [1.165, 1.54) is 19.6 Å². The molecule has 0 heterocycles. The zero-order chi connectivity index (χ0) is 11.4. The number of methoxy groups -OCH3 is 1. The molecule has 0 saturated heterocycles. The Hall–Kier alpha value is -1.51. The van der Waals surface area contributed by atoms with Crippen LogP contribution >= 0.6 is 0 Å². The Morgan fingerprint density at radius 3 is 3.00 bits per heavy atom. The van der Waals surface area contributed by atoms with E-state index in [1.807, 2.05) is 0 Å². The van der Waals surface area contributed by atoms with Crippen molar-refractivity contribution in [2.75, 3.05) is 12.4 Å². The average molecular weight is 221 g/mol. The quantitative estimate of drug-likeness (QED) is 0.790. The normalized spacial score (nSPS) is 19.5. The van der Waals surface area contributed by atoms with Crippen LogP contribution in [-0.2, 0) is 0 Å². The van der Waals surface area contributed by atoms with Gasteiger partial charge in [0.25, 0.3) is 0 Å². The lowest BCUT2D eigenvalue weighted by molar-refractivity contribution is 0.387. The van der Waals surface area contributed by atoms with Crippen molar-refractivity contribution in [2.24, 2.45) is 0 Å². The summed E-state index contributed by atoms with van der Waals surface area (Å²) in [4.78, 5) is 0. The fourth-order valence-electron chi connectivity index (χ4n) is 1.90. The van der Waals surface area contributed by atoms with Gasteiger partial charge in [-0.25, -0.2) is 4.39 Å². The minimum absolute atomic E-state index is 0.282. The van der Waals surface area contributed by atoms with E-state index >= 15 is 0 Å². The van der Waals surface area contributed by atoms with Gasteiger partial charge in [0.05, 0.1) is 7.11 Å². The van der Waals surface area contributed by atoms with E-state index in [-0.39, 0.29) is 11.6 Å². The summed E-state index contributed by atoms with van der Waals surface area (Å²) in [6, 6.07) is 5.20. The summed E-state index contributed by atoms with van der Waals surface area (Å²) >= 11 is 0. The molecule has 0 aromatic heterocycles. The van der Waals surface area contributed by atoms with Crippen LogP contribution in [-0.4, -0.2) is 13.2 Å². The van der Waals surface area contributed by atoms with E-state index in [4.69, 9.17) is 4.74 Å². The fraction of sp³-hybridized carbons (Fsp3) is 0.385. The maximum atomic E-state index is 13.2. The fourth-order valence-corrected chi connectivity index (χ4v) is 1.90. The first kappa shape index (κ1) is 11.0. The molecule has 0 spiro atoms. The van der Waals surface area contributed by atoms with Crippen molar-refractivity contribution in [3.63, 3.8) is 0 Å². The predicted molar refractivity (Wildman–Crippen MR) is 63.4 cm³/mol. The first-order valence-corrected chi connectivity index (χ1v) is 5.56. The smallest absolute Gasteiger partial charge is 0.165 e. The molecule has 0 radical (unpaired) electrons. The first-order valence-electron chi connectivity index (χ1n) is 5.56. The maximum Gasteiger partial charge on any atom is 0.165 e. The van der Waals surface area contributed by atoms with E-state index < -0.39 is 0 Å². The molecule has 16 heavy (non-hydrogen) atoms. The Balaban J connectivity index is 2.09. The zero-order valence-electron chi connectivity index (χ0n) is 9.37. The molecule has 0 bridgehead atoms. The number of halogens is 1. The van der Waals surface area contributed by atoms with Gasteiger partial charge in [-0.2, -0.15) is 0 Å². The van der Waals surface area contributed by atoms with Crippen molar-refractivity contribution in [2.45, 2.75) is 25.3 Å². The lowest BCUT2D eigenvalue weighted by atomic mass is 10.0. The van der Waals surface area contributed by atoms with E-state index in [9.17, 15) is 4.39 Å². The zero-order valence-corrected chi connectivity index (χ0v) is 9.37. The van der Waals surface area contributed by atoms with Crippen molar-refractivity contribution < 1.29 is 9.13 Å². The lowest BCUT2D eigenvalue weighted by Crippen LogP contribution is -2.18. The SMILES string of the molecule is COc1cc(NC2C=CCCC2)ccc1F. The Labute approximate surface area is 95.1 Å². The van der Waals surface area contributed by atoms with Gasteiger partial charge in [-0.1, -0.05) is 12.2 Å². The standard InChI is InChI=1S/C13H16FNO/c1-16-13-9-11(7-8-12(13)14)15-10-5-3-2-4-6-10/h3,5,7-10,15H,2,4,6H2,1H3. The molecule has 1 aliphatic carbocycles. The van der Waals surface area contributed by atoms with Crippen LogP contribution in [0.1, 0.15) is 19.3 Å². The predicted octanol–water partition coefficient (Wildman–Crippen LogP) is 3.35. The van der Waals surface area contributed by atoms with Crippen molar-refractivity contribution in [1.29, 1.82) is 0 Å². The number of anilines is 1. The van der Waals surface area contributed by atoms with Gasteiger partial charge in [0, 0.05) is 17.8 Å². The third-order valence-electron chi connectivity index (χ3n) is 2.76. The van der Waals surface area contributed by atoms with E-state index in [0.29, 0.717) is 6.04 Å². The third-order valence-corrected chi connectivity index (χ3v) is 2.76. The molecular weight excluding hydrogens is 205 g/mol. The summed E-state index contributed by atoms with van der Waals surface area (Å²) in [5.41, 5.74) is 0.898. The molecule has 1 N–H and O–H groups in total. The molecular formula is C13H16FNO. The number of rotatable bonds is 3. The molecule has 1 aromatic rings. The molecule has 2 nitrogen and oxygen atoms in total. The average Bonchev–Trinajstić information content (AvgIpc) is 2.33. The molecule has 0 fully saturated rings. The summed E-state index contributed by atoms with van der Waals surface area (Å²) in [5.74, 6) is -0.0444. The highest BCUT2D eigenvalue weighted by Crippen LogP contribution is 2.23. The molecule has 2 rings (SSSR count). The van der Waals surface area contributed by atoms with Gasteiger partial charge >= 0.3 is 0 Å². The number of benzene rings is 1. The first-order chi connectivity index (χ1) is 7.79. The highest BCUT2D eigenvalue weighted by Gasteiger charge is 2.09. The van der Waals surface area contributed by atoms with Gasteiger partial charge in [0.2, 0.25) is 0 Å². The Bertz CT molecular complexity index is 390. The van der Waals surface area contributed by atoms with Crippen LogP contribution in [0.15, 0.2) is 30.4 Å². The summed E-state index contributed by atoms with van der Waals surface area (Å²) < 4.78 is 18.1. The second-order valence-corrected chi connectivity index (χ2v) is 3.96. The van der Waals surface area contributed by atoms with Crippen molar-refractivity contribution in [3.05, 3.63) is 36.2 Å². The Morgan fingerprint density at radius 1 is 1.44 bits per heavy atom. The third kappa shape index (κ3) is 2.54. The summed E-state index contributed by atoms with van der Waals surface area (Å²) in [6.45, 7) is 0. The molecule has 0 saturated carbocycles. The van der Waals surface area contributed by atoms with Gasteiger partial charge < -0.3 is 10.1 Å². The molecule has 86 valence electrons. The number of hydrogen-bond donors (Lipinski definition) is 1. The van der Waals surface area contributed by atoms with Gasteiger partial charge in [-0.05, 0) is 31.4 Å². The van der Waals surface area contributed by atoms with Gasteiger partial charge in [-0.15, -0.1) is 0 Å². The van der Waals surface area contributed by atoms with Crippen LogP contribution in [0.4, 0.5) is 10.1 Å². The number of nitrogens with one attached hydrogen (secondary N) is 1. The van der Waals surface area contributed by atoms with Gasteiger partial charge in [0.1, 0.15) is 0 Å². The van der Waals surface area contributed by atoms with Crippen molar-refractivity contribution in [1.82, 2.24) is 0 Å². The number of hydrogen-bond acceptors (Lipinski definition) is 2. The summed E-state index contributed by atoms with van der Waals surface area (Å²) in [5, 5.41) is 3.35. The minimum atomic E-state index is -0.327. The molecule has 3 heteroatoms. The minimum Gasteiger partial charge on any atom is -0.494 e. The van der Waals surface area contributed by atoms with Crippen LogP contribution in [0.25, 0.3) is 0 Å². The molecule has 1 atom stereocenters. The number of allylic oxidation sites excluding steroid dienone is 1. The van der Waals surface area contributed by atoms with Crippen LogP contribution in [0, 0.1) is 5.82 Å². The maximum absolute atomic E-state index is 13.2. The van der Waals surface area contributed by atoms with Crippen molar-refractivity contribution in [3.8, 4) is 5.75 Å². The van der Waals surface area contributed by atoms with Crippen molar-refractivity contribution >= 4 is 5.69 Å². The van der Waals surface area contributed by atoms with Crippen LogP contribution in [0.5, 0.6) is 5.75 Å². The Kier molecular flexibility index (Phi) is 3.44. The molecule has 0 amide bonds. The molecule has 0 aliphatic heterocycles. The van der Waals surface area contributed by atoms with Crippen LogP contribution in [0.3, 0.4) is 0 Å².